The number of rotatable bonds is 6. The number of thiophene rings is 1. The van der Waals surface area contributed by atoms with E-state index in [1.54, 1.807) is 6.07 Å². The molecule has 0 radical (unpaired) electrons. The molecular formula is C16H18N2O5S2. The molecule has 1 aromatic carbocycles. The lowest BCUT2D eigenvalue weighted by molar-refractivity contribution is -0.121. The number of sulfonamides is 1. The lowest BCUT2D eigenvalue weighted by atomic mass is 10.3. The van der Waals surface area contributed by atoms with Crippen LogP contribution in [0.4, 0.5) is 0 Å². The van der Waals surface area contributed by atoms with Crippen LogP contribution >= 0.6 is 11.3 Å². The van der Waals surface area contributed by atoms with Crippen LogP contribution < -0.4 is 14.8 Å². The van der Waals surface area contributed by atoms with E-state index in [0.29, 0.717) is 31.3 Å². The number of nitrogens with zero attached hydrogens (tertiary/aromatic N) is 1. The highest BCUT2D eigenvalue weighted by molar-refractivity contribution is 7.89. The average molecular weight is 382 g/mol. The van der Waals surface area contributed by atoms with Gasteiger partial charge in [-0.3, -0.25) is 4.79 Å². The fraction of sp³-hybridized carbons (Fsp3) is 0.312. The topological polar surface area (TPSA) is 84.9 Å². The molecule has 1 aliphatic rings. The molecule has 1 aromatic heterocycles. The Morgan fingerprint density at radius 2 is 2.00 bits per heavy atom. The van der Waals surface area contributed by atoms with Crippen LogP contribution in [-0.4, -0.2) is 45.4 Å². The van der Waals surface area contributed by atoms with Gasteiger partial charge in [-0.05, 0) is 23.6 Å². The third-order valence-electron chi connectivity index (χ3n) is 3.63. The first-order valence-corrected chi connectivity index (χ1v) is 9.94. The molecule has 3 rings (SSSR count). The lowest BCUT2D eigenvalue weighted by Gasteiger charge is -2.21. The second-order valence-electron chi connectivity index (χ2n) is 5.42. The Hall–Kier alpha value is -2.10. The normalized spacial score (nSPS) is 13.7. The summed E-state index contributed by atoms with van der Waals surface area (Å²) in [5, 5.41) is 4.63. The monoisotopic (exact) mass is 382 g/mol. The quantitative estimate of drug-likeness (QED) is 0.818. The van der Waals surface area contributed by atoms with Gasteiger partial charge in [0.15, 0.2) is 11.5 Å². The second-order valence-corrected chi connectivity index (χ2v) is 8.50. The fourth-order valence-corrected chi connectivity index (χ4v) is 4.09. The van der Waals surface area contributed by atoms with E-state index in [2.05, 4.69) is 5.32 Å². The molecule has 9 heteroatoms. The maximum absolute atomic E-state index is 12.6. The SMILES string of the molecule is CN(CC(=O)NCc1cccs1)S(=O)(=O)c1ccc2c(c1)OCCO2. The maximum Gasteiger partial charge on any atom is 0.243 e. The predicted octanol–water partition coefficient (Wildman–Crippen LogP) is 1.46. The smallest absolute Gasteiger partial charge is 0.243 e. The summed E-state index contributed by atoms with van der Waals surface area (Å²) in [5.74, 6) is 0.543. The minimum atomic E-state index is -3.80. The highest BCUT2D eigenvalue weighted by atomic mass is 32.2. The van der Waals surface area contributed by atoms with Gasteiger partial charge in [0.25, 0.3) is 0 Å². The van der Waals surface area contributed by atoms with Crippen molar-refractivity contribution in [2.45, 2.75) is 11.4 Å². The minimum absolute atomic E-state index is 0.0605. The number of ether oxygens (including phenoxy) is 2. The molecular weight excluding hydrogens is 364 g/mol. The van der Waals surface area contributed by atoms with Crippen molar-refractivity contribution in [2.75, 3.05) is 26.8 Å². The van der Waals surface area contributed by atoms with Crippen LogP contribution in [0.1, 0.15) is 4.88 Å². The molecule has 1 N–H and O–H groups in total. The summed E-state index contributed by atoms with van der Waals surface area (Å²) in [4.78, 5) is 13.1. The molecule has 0 spiro atoms. The maximum atomic E-state index is 12.6. The van der Waals surface area contributed by atoms with Gasteiger partial charge in [-0.25, -0.2) is 8.42 Å². The van der Waals surface area contributed by atoms with Crippen LogP contribution in [0.5, 0.6) is 11.5 Å². The number of carbonyl (C=O) groups is 1. The molecule has 1 aliphatic heterocycles. The van der Waals surface area contributed by atoms with Crippen LogP contribution in [0, 0.1) is 0 Å². The summed E-state index contributed by atoms with van der Waals surface area (Å²) in [6.07, 6.45) is 0. The summed E-state index contributed by atoms with van der Waals surface area (Å²) in [6, 6.07) is 8.23. The van der Waals surface area contributed by atoms with E-state index in [4.69, 9.17) is 9.47 Å². The number of nitrogens with one attached hydrogen (secondary N) is 1. The zero-order valence-corrected chi connectivity index (χ0v) is 15.2. The largest absolute Gasteiger partial charge is 0.486 e. The molecule has 0 saturated carbocycles. The van der Waals surface area contributed by atoms with Crippen LogP contribution in [-0.2, 0) is 21.4 Å². The summed E-state index contributed by atoms with van der Waals surface area (Å²) in [6.45, 7) is 0.928. The molecule has 0 saturated heterocycles. The Morgan fingerprint density at radius 1 is 1.24 bits per heavy atom. The number of fused-ring (bicyclic) bond motifs is 1. The third-order valence-corrected chi connectivity index (χ3v) is 6.30. The highest BCUT2D eigenvalue weighted by Gasteiger charge is 2.25. The zero-order valence-electron chi connectivity index (χ0n) is 13.6. The van der Waals surface area contributed by atoms with Crippen LogP contribution in [0.15, 0.2) is 40.6 Å². The molecule has 2 aromatic rings. The Labute approximate surface area is 150 Å². The summed E-state index contributed by atoms with van der Waals surface area (Å²) >= 11 is 1.53. The van der Waals surface area contributed by atoms with Crippen molar-refractivity contribution in [1.29, 1.82) is 0 Å². The van der Waals surface area contributed by atoms with Gasteiger partial charge in [0, 0.05) is 18.0 Å². The Kier molecular flexibility index (Phi) is 5.26. The van der Waals surface area contributed by atoms with Gasteiger partial charge in [0.2, 0.25) is 15.9 Å². The van der Waals surface area contributed by atoms with Gasteiger partial charge in [0.05, 0.1) is 18.0 Å². The van der Waals surface area contributed by atoms with Crippen molar-refractivity contribution >= 4 is 27.3 Å². The van der Waals surface area contributed by atoms with Gasteiger partial charge >= 0.3 is 0 Å². The van der Waals surface area contributed by atoms with Crippen molar-refractivity contribution in [1.82, 2.24) is 9.62 Å². The molecule has 0 unspecified atom stereocenters. The van der Waals surface area contributed by atoms with Gasteiger partial charge in [-0.15, -0.1) is 11.3 Å². The molecule has 1 amide bonds. The molecule has 0 atom stereocenters. The second kappa shape index (κ2) is 7.42. The van der Waals surface area contributed by atoms with Crippen LogP contribution in [0.3, 0.4) is 0 Å². The van der Waals surface area contributed by atoms with Crippen LogP contribution in [0.25, 0.3) is 0 Å². The Morgan fingerprint density at radius 3 is 2.72 bits per heavy atom. The van der Waals surface area contributed by atoms with Gasteiger partial charge in [-0.2, -0.15) is 4.31 Å². The van der Waals surface area contributed by atoms with E-state index in [0.717, 1.165) is 9.18 Å². The first kappa shape index (κ1) is 17.7. The van der Waals surface area contributed by atoms with Crippen molar-refractivity contribution in [3.05, 3.63) is 40.6 Å². The lowest BCUT2D eigenvalue weighted by Crippen LogP contribution is -2.38. The zero-order chi connectivity index (χ0) is 17.9. The molecule has 25 heavy (non-hydrogen) atoms. The first-order chi connectivity index (χ1) is 12.0. The summed E-state index contributed by atoms with van der Waals surface area (Å²) < 4.78 is 37.1. The van der Waals surface area contributed by atoms with E-state index in [-0.39, 0.29) is 17.3 Å². The van der Waals surface area contributed by atoms with Gasteiger partial charge < -0.3 is 14.8 Å². The van der Waals surface area contributed by atoms with E-state index in [9.17, 15) is 13.2 Å². The van der Waals surface area contributed by atoms with Crippen molar-refractivity contribution < 1.29 is 22.7 Å². The van der Waals surface area contributed by atoms with Gasteiger partial charge in [0.1, 0.15) is 13.2 Å². The van der Waals surface area contributed by atoms with E-state index < -0.39 is 10.0 Å². The minimum Gasteiger partial charge on any atom is -0.486 e. The van der Waals surface area contributed by atoms with Crippen molar-refractivity contribution in [2.24, 2.45) is 0 Å². The van der Waals surface area contributed by atoms with E-state index in [1.807, 2.05) is 17.5 Å². The van der Waals surface area contributed by atoms with Crippen molar-refractivity contribution in [3.8, 4) is 11.5 Å². The predicted molar refractivity (Wildman–Crippen MR) is 93.4 cm³/mol. The van der Waals surface area contributed by atoms with Crippen LogP contribution in [0.2, 0.25) is 0 Å². The Bertz CT molecular complexity index is 849. The number of amides is 1. The average Bonchev–Trinajstić information content (AvgIpc) is 3.13. The Balaban J connectivity index is 1.65. The molecule has 7 nitrogen and oxygen atoms in total. The number of hydrogen-bond donors (Lipinski definition) is 1. The number of hydrogen-bond acceptors (Lipinski definition) is 6. The number of benzene rings is 1. The highest BCUT2D eigenvalue weighted by Crippen LogP contribution is 2.32. The summed E-state index contributed by atoms with van der Waals surface area (Å²) in [7, 11) is -2.43. The number of likely N-dealkylation sites (N-methyl/N-ethyl adjacent to an activating group) is 1. The molecule has 0 aliphatic carbocycles. The third kappa shape index (κ3) is 4.12. The fourth-order valence-electron chi connectivity index (χ4n) is 2.31. The summed E-state index contributed by atoms with van der Waals surface area (Å²) in [5.41, 5.74) is 0. The number of carbonyl (C=O) groups excluding carboxylic acids is 1. The van der Waals surface area contributed by atoms with E-state index in [1.165, 1.54) is 30.5 Å². The van der Waals surface area contributed by atoms with Gasteiger partial charge in [-0.1, -0.05) is 6.07 Å². The van der Waals surface area contributed by atoms with E-state index >= 15 is 0 Å². The molecule has 134 valence electrons. The van der Waals surface area contributed by atoms with Crippen molar-refractivity contribution in [3.63, 3.8) is 0 Å². The molecule has 0 fully saturated rings. The standard InChI is InChI=1S/C16H18N2O5S2/c1-18(11-16(19)17-10-12-3-2-8-24-12)25(20,21)13-4-5-14-15(9-13)23-7-6-22-14/h2-5,8-9H,6-7,10-11H2,1H3,(H,17,19). The molecule has 2 heterocycles. The molecule has 0 bridgehead atoms. The first-order valence-electron chi connectivity index (χ1n) is 7.62.